The van der Waals surface area contributed by atoms with E-state index >= 15 is 0 Å². The fourth-order valence-corrected chi connectivity index (χ4v) is 7.12. The molecule has 4 radical (unpaired) electrons. The maximum atomic E-state index is 2.36. The van der Waals surface area contributed by atoms with Crippen molar-refractivity contribution in [3.05, 3.63) is 109 Å². The molecule has 0 N–H and O–H groups in total. The first-order valence-electron chi connectivity index (χ1n) is 9.98. The second-order valence-electron chi connectivity index (χ2n) is 7.15. The molecule has 0 bridgehead atoms. The van der Waals surface area contributed by atoms with Gasteiger partial charge >= 0.3 is 0 Å². The van der Waals surface area contributed by atoms with Gasteiger partial charge in [-0.05, 0) is 34.3 Å². The van der Waals surface area contributed by atoms with Crippen LogP contribution in [-0.2, 0) is 6.42 Å². The van der Waals surface area contributed by atoms with Crippen LogP contribution in [0.15, 0.2) is 103 Å². The Balaban J connectivity index is 1.40. The lowest BCUT2D eigenvalue weighted by Crippen LogP contribution is -2.29. The summed E-state index contributed by atoms with van der Waals surface area (Å²) in [4.78, 5) is 0. The number of benzene rings is 4. The van der Waals surface area contributed by atoms with Gasteiger partial charge in [-0.1, -0.05) is 120 Å². The predicted molar refractivity (Wildman–Crippen MR) is 124 cm³/mol. The molecule has 0 atom stereocenters. The van der Waals surface area contributed by atoms with Gasteiger partial charge in [-0.15, -0.1) is 0 Å². The van der Waals surface area contributed by atoms with Gasteiger partial charge in [0.1, 0.15) is 0 Å². The molecule has 0 aliphatic heterocycles. The monoisotopic (exact) mass is 392 g/mol. The number of fused-ring (bicyclic) bond motifs is 1. The van der Waals surface area contributed by atoms with E-state index in [0.717, 1.165) is 24.2 Å². The molecule has 0 saturated heterocycles. The first-order valence-corrected chi connectivity index (χ1v) is 12.1. The number of rotatable bonds is 8. The van der Waals surface area contributed by atoms with Crippen LogP contribution in [0.1, 0.15) is 18.4 Å². The van der Waals surface area contributed by atoms with Crippen LogP contribution < -0.4 is 10.4 Å². The smallest absolute Gasteiger partial charge is 0.0642 e. The van der Waals surface area contributed by atoms with E-state index in [2.05, 4.69) is 103 Å². The molecule has 0 spiro atoms. The molecule has 0 heterocycles. The van der Waals surface area contributed by atoms with E-state index < -0.39 is 0 Å². The second-order valence-corrected chi connectivity index (χ2v) is 10.9. The van der Waals surface area contributed by atoms with Crippen LogP contribution in [0, 0.1) is 0 Å². The molecule has 2 heteroatoms. The Morgan fingerprint density at radius 1 is 0.571 bits per heavy atom. The van der Waals surface area contributed by atoms with Crippen LogP contribution in [0.3, 0.4) is 0 Å². The van der Waals surface area contributed by atoms with E-state index in [4.69, 9.17) is 0 Å². The molecule has 0 aliphatic rings. The fraction of sp³-hybridized carbons (Fsp3) is 0.154. The zero-order valence-electron chi connectivity index (χ0n) is 16.0. The van der Waals surface area contributed by atoms with Crippen molar-refractivity contribution in [3.63, 3.8) is 0 Å². The van der Waals surface area contributed by atoms with Gasteiger partial charge in [-0.3, -0.25) is 0 Å². The molecule has 0 aliphatic carbocycles. The Bertz CT molecular complexity index is 955. The van der Waals surface area contributed by atoms with Crippen molar-refractivity contribution in [1.82, 2.24) is 0 Å². The van der Waals surface area contributed by atoms with Gasteiger partial charge in [0.2, 0.25) is 0 Å². The minimum Gasteiger partial charge on any atom is -0.0642 e. The van der Waals surface area contributed by atoms with Gasteiger partial charge in [-0.2, -0.15) is 0 Å². The molecule has 4 aromatic carbocycles. The maximum absolute atomic E-state index is 2.36. The van der Waals surface area contributed by atoms with Crippen molar-refractivity contribution in [2.45, 2.75) is 24.4 Å². The van der Waals surface area contributed by atoms with Crippen molar-refractivity contribution in [2.24, 2.45) is 0 Å². The molecule has 0 saturated carbocycles. The van der Waals surface area contributed by atoms with Crippen LogP contribution >= 0.6 is 0 Å². The van der Waals surface area contributed by atoms with E-state index in [1.165, 1.54) is 46.0 Å². The van der Waals surface area contributed by atoms with Crippen LogP contribution in [0.25, 0.3) is 10.8 Å². The maximum Gasteiger partial charge on any atom is 0.0811 e. The van der Waals surface area contributed by atoms with Gasteiger partial charge in [0.25, 0.3) is 0 Å². The van der Waals surface area contributed by atoms with Crippen LogP contribution in [0.5, 0.6) is 0 Å². The zero-order chi connectivity index (χ0) is 19.0. The Morgan fingerprint density at radius 3 is 1.79 bits per heavy atom. The summed E-state index contributed by atoms with van der Waals surface area (Å²) in [6, 6.07) is 37.6. The predicted octanol–water partition coefficient (Wildman–Crippen LogP) is 4.97. The molecular weight excluding hydrogens is 368 g/mol. The molecule has 28 heavy (non-hydrogen) atoms. The average molecular weight is 393 g/mol. The third-order valence-corrected chi connectivity index (χ3v) is 8.48. The molecule has 0 nitrogen and oxygen atoms in total. The van der Waals surface area contributed by atoms with Crippen molar-refractivity contribution in [1.29, 1.82) is 0 Å². The SMILES string of the molecule is c1ccc([Si]C(CCCc2ccc3ccccc3c2)[Si]c2ccccc2)cc1. The van der Waals surface area contributed by atoms with Gasteiger partial charge in [0.05, 0.1) is 19.0 Å². The Labute approximate surface area is 173 Å². The number of aryl methyl sites for hydroxylation is 1. The summed E-state index contributed by atoms with van der Waals surface area (Å²) in [5.74, 6) is 0. The van der Waals surface area contributed by atoms with Gasteiger partial charge in [0.15, 0.2) is 0 Å². The quantitative estimate of drug-likeness (QED) is 0.372. The zero-order valence-corrected chi connectivity index (χ0v) is 18.0. The molecule has 0 fully saturated rings. The molecule has 0 amide bonds. The van der Waals surface area contributed by atoms with Crippen molar-refractivity contribution >= 4 is 40.2 Å². The molecular formula is C26H24Si2. The Hall–Kier alpha value is -2.43. The highest BCUT2D eigenvalue weighted by Crippen LogP contribution is 2.19. The topological polar surface area (TPSA) is 0 Å². The highest BCUT2D eigenvalue weighted by atomic mass is 28.3. The van der Waals surface area contributed by atoms with E-state index in [0.29, 0.717) is 0 Å². The third-order valence-electron chi connectivity index (χ3n) is 5.00. The van der Waals surface area contributed by atoms with Crippen LogP contribution in [0.2, 0.25) is 5.16 Å². The van der Waals surface area contributed by atoms with Gasteiger partial charge < -0.3 is 0 Å². The summed E-state index contributed by atoms with van der Waals surface area (Å²) in [5.41, 5.74) is 1.46. The number of hydrogen-bond donors (Lipinski definition) is 0. The lowest BCUT2D eigenvalue weighted by atomic mass is 10.0. The van der Waals surface area contributed by atoms with E-state index in [1.54, 1.807) is 0 Å². The van der Waals surface area contributed by atoms with Crippen molar-refractivity contribution in [2.75, 3.05) is 0 Å². The van der Waals surface area contributed by atoms with Gasteiger partial charge in [-0.25, -0.2) is 0 Å². The lowest BCUT2D eigenvalue weighted by Gasteiger charge is -2.16. The highest BCUT2D eigenvalue weighted by molar-refractivity contribution is 6.73. The molecule has 4 aromatic rings. The Kier molecular flexibility index (Phi) is 6.53. The van der Waals surface area contributed by atoms with E-state index in [1.807, 2.05) is 0 Å². The standard InChI is InChI=1S/C26H24Si2/c1-3-13-24(14-4-1)27-26(28-25-15-5-2-6-16-25)17-9-10-21-18-19-22-11-7-8-12-23(22)20-21/h1-8,11-16,18-20,26H,9-10,17H2. The van der Waals surface area contributed by atoms with Crippen molar-refractivity contribution < 1.29 is 0 Å². The van der Waals surface area contributed by atoms with Gasteiger partial charge in [0, 0.05) is 0 Å². The highest BCUT2D eigenvalue weighted by Gasteiger charge is 2.13. The third kappa shape index (κ3) is 5.31. The first kappa shape index (κ1) is 18.9. The molecule has 4 rings (SSSR count). The summed E-state index contributed by atoms with van der Waals surface area (Å²) >= 11 is 0. The summed E-state index contributed by atoms with van der Waals surface area (Å²) in [5, 5.41) is 6.41. The van der Waals surface area contributed by atoms with Crippen LogP contribution in [-0.4, -0.2) is 19.0 Å². The second kappa shape index (κ2) is 9.67. The number of hydrogen-bond acceptors (Lipinski definition) is 0. The molecule has 0 unspecified atom stereocenters. The largest absolute Gasteiger partial charge is 0.0811 e. The van der Waals surface area contributed by atoms with Crippen molar-refractivity contribution in [3.8, 4) is 0 Å². The lowest BCUT2D eigenvalue weighted by molar-refractivity contribution is 0.769. The van der Waals surface area contributed by atoms with E-state index in [9.17, 15) is 0 Å². The normalized spacial score (nSPS) is 11.2. The minimum absolute atomic E-state index is 0.741. The average Bonchev–Trinajstić information content (AvgIpc) is 2.75. The molecule has 0 aromatic heterocycles. The summed E-state index contributed by atoms with van der Waals surface area (Å²) in [7, 11) is 1.77. The fourth-order valence-electron chi connectivity index (χ4n) is 3.56. The summed E-state index contributed by atoms with van der Waals surface area (Å²) in [6.07, 6.45) is 3.70. The molecule has 136 valence electrons. The summed E-state index contributed by atoms with van der Waals surface area (Å²) in [6.45, 7) is 0. The minimum atomic E-state index is 0.741. The van der Waals surface area contributed by atoms with E-state index in [-0.39, 0.29) is 0 Å². The van der Waals surface area contributed by atoms with Crippen LogP contribution in [0.4, 0.5) is 0 Å². The first-order chi connectivity index (χ1) is 13.9. The Morgan fingerprint density at radius 2 is 1.14 bits per heavy atom. The summed E-state index contributed by atoms with van der Waals surface area (Å²) < 4.78 is 0.